The Labute approximate surface area is 132 Å². The summed E-state index contributed by atoms with van der Waals surface area (Å²) in [5.74, 6) is 1.11. The third-order valence-electron chi connectivity index (χ3n) is 3.25. The summed E-state index contributed by atoms with van der Waals surface area (Å²) in [5.41, 5.74) is 2.66. The zero-order valence-corrected chi connectivity index (χ0v) is 16.4. The number of hydrogen-bond donors (Lipinski definition) is 0. The Morgan fingerprint density at radius 1 is 1.06 bits per heavy atom. The summed E-state index contributed by atoms with van der Waals surface area (Å²) >= 11 is 0. The Morgan fingerprint density at radius 3 is 1.75 bits per heavy atom. The molecule has 0 amide bonds. The largest absolute Gasteiger partial charge is 0.242 e. The molecule has 0 rings (SSSR count). The fourth-order valence-corrected chi connectivity index (χ4v) is 2.30. The molecule has 0 saturated heterocycles. The van der Waals surface area contributed by atoms with Crippen LogP contribution in [-0.4, -0.2) is 0 Å². The van der Waals surface area contributed by atoms with E-state index in [1.807, 2.05) is 0 Å². The number of allylic oxidation sites excluding steroid dienone is 4. The van der Waals surface area contributed by atoms with Crippen molar-refractivity contribution >= 4 is 18.5 Å². The van der Waals surface area contributed by atoms with Crippen LogP contribution in [0.4, 0.5) is 0 Å². The molecule has 4 unspecified atom stereocenters. The molecule has 0 aromatic carbocycles. The van der Waals surface area contributed by atoms with E-state index in [0.717, 1.165) is 6.42 Å². The zero-order chi connectivity index (χ0) is 12.2. The quantitative estimate of drug-likeness (QED) is 0.512. The maximum absolute atomic E-state index is 4.00. The van der Waals surface area contributed by atoms with Crippen molar-refractivity contribution in [3.63, 3.8) is 0 Å². The van der Waals surface area contributed by atoms with Crippen molar-refractivity contribution in [2.45, 2.75) is 41.0 Å². The molecule has 0 heterocycles. The molecule has 0 spiro atoms. The molecule has 0 aliphatic rings. The molecule has 0 saturated carbocycles. The SMILES string of the molecule is [CH2-]/C(C)=C(/P)C(C)C(C)/C(P)=C(\C)CC.[Y]. The summed E-state index contributed by atoms with van der Waals surface area (Å²) in [6.07, 6.45) is 1.13. The van der Waals surface area contributed by atoms with Crippen LogP contribution in [0.5, 0.6) is 0 Å². The summed E-state index contributed by atoms with van der Waals surface area (Å²) in [6.45, 7) is 15.1. The van der Waals surface area contributed by atoms with Crippen molar-refractivity contribution in [3.8, 4) is 0 Å². The summed E-state index contributed by atoms with van der Waals surface area (Å²) in [5, 5.41) is 2.79. The third kappa shape index (κ3) is 5.77. The van der Waals surface area contributed by atoms with Gasteiger partial charge >= 0.3 is 0 Å². The Balaban J connectivity index is 0. The molecule has 0 aromatic heterocycles. The molecule has 0 fully saturated rings. The summed E-state index contributed by atoms with van der Waals surface area (Å²) in [6, 6.07) is 0. The van der Waals surface area contributed by atoms with Gasteiger partial charge in [-0.1, -0.05) is 44.5 Å². The first-order valence-electron chi connectivity index (χ1n) is 5.56. The van der Waals surface area contributed by atoms with Crippen LogP contribution < -0.4 is 0 Å². The minimum absolute atomic E-state index is 0. The molecule has 0 aliphatic heterocycles. The summed E-state index contributed by atoms with van der Waals surface area (Å²) < 4.78 is 0. The summed E-state index contributed by atoms with van der Waals surface area (Å²) in [7, 11) is 5.74. The molecule has 1 radical (unpaired) electrons. The number of rotatable bonds is 4. The first-order valence-corrected chi connectivity index (χ1v) is 6.71. The number of hydrogen-bond acceptors (Lipinski definition) is 0. The molecular weight excluding hydrogens is 307 g/mol. The Kier molecular flexibility index (Phi) is 11.4. The maximum Gasteiger partial charge on any atom is 0 e. The predicted molar refractivity (Wildman–Crippen MR) is 78.8 cm³/mol. The Bertz CT molecular complexity index is 276. The van der Waals surface area contributed by atoms with Gasteiger partial charge < -0.3 is 0 Å². The third-order valence-corrected chi connectivity index (χ3v) is 5.28. The zero-order valence-electron chi connectivity index (χ0n) is 11.3. The molecular formula is C13H25P2Y-. The molecule has 91 valence electrons. The van der Waals surface area contributed by atoms with E-state index in [4.69, 9.17) is 0 Å². The smallest absolute Gasteiger partial charge is 0 e. The van der Waals surface area contributed by atoms with Gasteiger partial charge in [-0.05, 0) is 19.3 Å². The van der Waals surface area contributed by atoms with Gasteiger partial charge in [0.2, 0.25) is 0 Å². The normalized spacial score (nSPS) is 17.9. The fraction of sp³-hybridized carbons (Fsp3) is 0.615. The van der Waals surface area contributed by atoms with E-state index in [1.165, 1.54) is 21.8 Å². The van der Waals surface area contributed by atoms with Crippen LogP contribution in [-0.2, 0) is 32.7 Å². The van der Waals surface area contributed by atoms with E-state index in [-0.39, 0.29) is 32.7 Å². The maximum atomic E-state index is 4.00. The van der Waals surface area contributed by atoms with E-state index in [0.29, 0.717) is 11.8 Å². The van der Waals surface area contributed by atoms with Crippen LogP contribution >= 0.6 is 18.5 Å². The van der Waals surface area contributed by atoms with Gasteiger partial charge in [0.15, 0.2) is 0 Å². The van der Waals surface area contributed by atoms with E-state index in [2.05, 4.69) is 60.0 Å². The van der Waals surface area contributed by atoms with Crippen molar-refractivity contribution in [1.82, 2.24) is 0 Å². The van der Waals surface area contributed by atoms with Crippen molar-refractivity contribution in [2.75, 3.05) is 0 Å². The molecule has 3 heteroatoms. The van der Waals surface area contributed by atoms with Crippen LogP contribution in [0.3, 0.4) is 0 Å². The van der Waals surface area contributed by atoms with Crippen molar-refractivity contribution in [2.24, 2.45) is 11.8 Å². The van der Waals surface area contributed by atoms with Crippen LogP contribution in [0.1, 0.15) is 41.0 Å². The second-order valence-corrected chi connectivity index (χ2v) is 5.65. The summed E-state index contributed by atoms with van der Waals surface area (Å²) in [4.78, 5) is 0. The first kappa shape index (κ1) is 19.6. The minimum Gasteiger partial charge on any atom is -0.242 e. The molecule has 4 atom stereocenters. The first-order chi connectivity index (χ1) is 6.82. The Hall–Kier alpha value is 1.31. The van der Waals surface area contributed by atoms with E-state index < -0.39 is 0 Å². The molecule has 0 N–H and O–H groups in total. The van der Waals surface area contributed by atoms with Crippen molar-refractivity contribution in [3.05, 3.63) is 28.7 Å². The predicted octanol–water partition coefficient (Wildman–Crippen LogP) is 4.80. The van der Waals surface area contributed by atoms with Crippen LogP contribution in [0, 0.1) is 18.8 Å². The molecule has 0 aromatic rings. The second kappa shape index (κ2) is 9.27. The van der Waals surface area contributed by atoms with Gasteiger partial charge in [0.25, 0.3) is 0 Å². The van der Waals surface area contributed by atoms with Crippen LogP contribution in [0.2, 0.25) is 0 Å². The van der Waals surface area contributed by atoms with Crippen LogP contribution in [0.15, 0.2) is 21.8 Å². The molecule has 0 nitrogen and oxygen atoms in total. The van der Waals surface area contributed by atoms with E-state index in [9.17, 15) is 0 Å². The van der Waals surface area contributed by atoms with Gasteiger partial charge in [0.05, 0.1) is 0 Å². The average Bonchev–Trinajstić information content (AvgIpc) is 2.23. The average molecular weight is 332 g/mol. The van der Waals surface area contributed by atoms with Gasteiger partial charge in [-0.25, -0.2) is 12.5 Å². The van der Waals surface area contributed by atoms with Crippen LogP contribution in [0.25, 0.3) is 0 Å². The molecule has 0 bridgehead atoms. The minimum atomic E-state index is 0. The van der Waals surface area contributed by atoms with Gasteiger partial charge in [-0.2, -0.15) is 14.6 Å². The van der Waals surface area contributed by atoms with Gasteiger partial charge in [-0.15, -0.1) is 9.24 Å². The van der Waals surface area contributed by atoms with Gasteiger partial charge in [0.1, 0.15) is 0 Å². The fourth-order valence-electron chi connectivity index (χ4n) is 1.52. The van der Waals surface area contributed by atoms with E-state index in [1.54, 1.807) is 0 Å². The van der Waals surface area contributed by atoms with Gasteiger partial charge in [0, 0.05) is 32.7 Å². The topological polar surface area (TPSA) is 0 Å². The standard InChI is InChI=1S/C13H25P2.Y/c1-7-9(4)13(15)11(6)10(5)12(14)8(2)3;/h10-11H,2,7,14-15H2,1,3-6H3;/q-1;/b12-8-,13-9-;. The van der Waals surface area contributed by atoms with Crippen molar-refractivity contribution < 1.29 is 32.7 Å². The van der Waals surface area contributed by atoms with Crippen molar-refractivity contribution in [1.29, 1.82) is 0 Å². The molecule has 0 aliphatic carbocycles. The second-order valence-electron chi connectivity index (χ2n) is 4.40. The van der Waals surface area contributed by atoms with Gasteiger partial charge in [-0.3, -0.25) is 0 Å². The molecule has 16 heavy (non-hydrogen) atoms. The monoisotopic (exact) mass is 332 g/mol. The van der Waals surface area contributed by atoms with E-state index >= 15 is 0 Å². The Morgan fingerprint density at radius 2 is 1.44 bits per heavy atom.